The fourth-order valence-electron chi connectivity index (χ4n) is 2.15. The number of ether oxygens (including phenoxy) is 1. The molecule has 122 valence electrons. The molecule has 2 N–H and O–H groups in total. The molecule has 3 rings (SSSR count). The van der Waals surface area contributed by atoms with Crippen molar-refractivity contribution in [1.82, 2.24) is 9.59 Å². The highest BCUT2D eigenvalue weighted by molar-refractivity contribution is 7.08. The monoisotopic (exact) mass is 340 g/mol. The number of amides is 1. The first-order valence-corrected chi connectivity index (χ1v) is 8.05. The van der Waals surface area contributed by atoms with E-state index in [9.17, 15) is 4.79 Å². The van der Waals surface area contributed by atoms with E-state index in [1.165, 1.54) is 0 Å². The summed E-state index contributed by atoms with van der Waals surface area (Å²) in [5.41, 5.74) is 3.00. The molecule has 0 aliphatic heterocycles. The number of aromatic nitrogens is 2. The average Bonchev–Trinajstić information content (AvgIpc) is 3.03. The van der Waals surface area contributed by atoms with E-state index in [4.69, 9.17) is 4.74 Å². The summed E-state index contributed by atoms with van der Waals surface area (Å²) in [6.45, 7) is 1.76. The number of benzene rings is 2. The molecule has 0 bridgehead atoms. The molecular weight excluding hydrogens is 324 g/mol. The molecule has 7 heteroatoms. The summed E-state index contributed by atoms with van der Waals surface area (Å²) in [6.07, 6.45) is 0. The van der Waals surface area contributed by atoms with Gasteiger partial charge in [-0.3, -0.25) is 4.79 Å². The van der Waals surface area contributed by atoms with Gasteiger partial charge in [0.2, 0.25) is 0 Å². The molecule has 0 unspecified atom stereocenters. The molecule has 0 spiro atoms. The van der Waals surface area contributed by atoms with Crippen LogP contribution in [0.5, 0.6) is 5.75 Å². The Balaban J connectivity index is 1.80. The SMILES string of the molecule is COc1ccc(Nc2ccccc2NC(=O)c2snnc2C)cc1. The van der Waals surface area contributed by atoms with Crippen LogP contribution in [-0.2, 0) is 0 Å². The Morgan fingerprint density at radius 1 is 1.08 bits per heavy atom. The molecule has 0 saturated heterocycles. The second kappa shape index (κ2) is 7.10. The normalized spacial score (nSPS) is 10.2. The van der Waals surface area contributed by atoms with E-state index in [0.717, 1.165) is 28.7 Å². The highest BCUT2D eigenvalue weighted by Crippen LogP contribution is 2.27. The van der Waals surface area contributed by atoms with E-state index < -0.39 is 0 Å². The number of carbonyl (C=O) groups excluding carboxylic acids is 1. The van der Waals surface area contributed by atoms with Crippen molar-refractivity contribution in [2.45, 2.75) is 6.92 Å². The van der Waals surface area contributed by atoms with Gasteiger partial charge in [0.1, 0.15) is 10.6 Å². The van der Waals surface area contributed by atoms with E-state index in [-0.39, 0.29) is 5.91 Å². The summed E-state index contributed by atoms with van der Waals surface area (Å²) in [6, 6.07) is 15.1. The van der Waals surface area contributed by atoms with Gasteiger partial charge in [0.25, 0.3) is 5.91 Å². The molecule has 1 amide bonds. The molecule has 24 heavy (non-hydrogen) atoms. The topological polar surface area (TPSA) is 76.1 Å². The molecule has 6 nitrogen and oxygen atoms in total. The summed E-state index contributed by atoms with van der Waals surface area (Å²) < 4.78 is 8.95. The number of aryl methyl sites for hydroxylation is 1. The maximum Gasteiger partial charge on any atom is 0.269 e. The van der Waals surface area contributed by atoms with Crippen molar-refractivity contribution >= 4 is 34.5 Å². The van der Waals surface area contributed by atoms with Crippen molar-refractivity contribution in [3.05, 3.63) is 59.1 Å². The second-order valence-corrected chi connectivity index (χ2v) is 5.79. The fourth-order valence-corrected chi connectivity index (χ4v) is 2.70. The minimum atomic E-state index is -0.216. The van der Waals surface area contributed by atoms with Gasteiger partial charge in [0.05, 0.1) is 24.2 Å². The van der Waals surface area contributed by atoms with Gasteiger partial charge in [-0.15, -0.1) is 5.10 Å². The van der Waals surface area contributed by atoms with Gasteiger partial charge in [-0.05, 0) is 54.9 Å². The first kappa shape index (κ1) is 15.9. The first-order valence-electron chi connectivity index (χ1n) is 7.28. The number of anilines is 3. The Hall–Kier alpha value is -2.93. The van der Waals surface area contributed by atoms with Crippen LogP contribution in [0.25, 0.3) is 0 Å². The minimum absolute atomic E-state index is 0.216. The minimum Gasteiger partial charge on any atom is -0.497 e. The molecular formula is C17H16N4O2S. The molecule has 1 heterocycles. The van der Waals surface area contributed by atoms with Crippen molar-refractivity contribution in [3.63, 3.8) is 0 Å². The van der Waals surface area contributed by atoms with Crippen LogP contribution in [-0.4, -0.2) is 22.6 Å². The van der Waals surface area contributed by atoms with Gasteiger partial charge in [0.15, 0.2) is 0 Å². The lowest BCUT2D eigenvalue weighted by molar-refractivity contribution is 0.103. The summed E-state index contributed by atoms with van der Waals surface area (Å²) in [5.74, 6) is 0.571. The Labute approximate surface area is 143 Å². The molecule has 0 fully saturated rings. The average molecular weight is 340 g/mol. The van der Waals surface area contributed by atoms with Gasteiger partial charge in [-0.1, -0.05) is 16.6 Å². The van der Waals surface area contributed by atoms with Gasteiger partial charge in [-0.25, -0.2) is 0 Å². The van der Waals surface area contributed by atoms with Crippen molar-refractivity contribution in [2.24, 2.45) is 0 Å². The Morgan fingerprint density at radius 2 is 1.79 bits per heavy atom. The number of para-hydroxylation sites is 2. The third-order valence-corrected chi connectivity index (χ3v) is 4.23. The van der Waals surface area contributed by atoms with Crippen LogP contribution in [0.4, 0.5) is 17.1 Å². The molecule has 0 aliphatic rings. The van der Waals surface area contributed by atoms with Crippen LogP contribution in [0.2, 0.25) is 0 Å². The summed E-state index contributed by atoms with van der Waals surface area (Å²) in [5, 5.41) is 10.1. The number of nitrogens with zero attached hydrogens (tertiary/aromatic N) is 2. The van der Waals surface area contributed by atoms with Crippen molar-refractivity contribution in [2.75, 3.05) is 17.7 Å². The first-order chi connectivity index (χ1) is 11.7. The van der Waals surface area contributed by atoms with Gasteiger partial charge in [0, 0.05) is 5.69 Å². The number of nitrogens with one attached hydrogen (secondary N) is 2. The highest BCUT2D eigenvalue weighted by atomic mass is 32.1. The van der Waals surface area contributed by atoms with E-state index in [0.29, 0.717) is 16.3 Å². The molecule has 3 aromatic rings. The number of rotatable bonds is 5. The van der Waals surface area contributed by atoms with Crippen LogP contribution in [0, 0.1) is 6.92 Å². The smallest absolute Gasteiger partial charge is 0.269 e. The van der Waals surface area contributed by atoms with Crippen LogP contribution in [0.3, 0.4) is 0 Å². The number of hydrogen-bond acceptors (Lipinski definition) is 6. The Bertz CT molecular complexity index is 846. The van der Waals surface area contributed by atoms with E-state index in [1.54, 1.807) is 14.0 Å². The Kier molecular flexibility index (Phi) is 4.72. The number of carbonyl (C=O) groups is 1. The molecule has 1 aromatic heterocycles. The maximum absolute atomic E-state index is 12.4. The lowest BCUT2D eigenvalue weighted by atomic mass is 10.2. The van der Waals surface area contributed by atoms with E-state index >= 15 is 0 Å². The summed E-state index contributed by atoms with van der Waals surface area (Å²) in [7, 11) is 1.63. The zero-order valence-corrected chi connectivity index (χ0v) is 14.1. The van der Waals surface area contributed by atoms with Crippen LogP contribution >= 0.6 is 11.5 Å². The standard InChI is InChI=1S/C17H16N4O2S/c1-11-16(24-21-20-11)17(22)19-15-6-4-3-5-14(15)18-12-7-9-13(23-2)10-8-12/h3-10,18H,1-2H3,(H,19,22). The zero-order chi connectivity index (χ0) is 16.9. The predicted octanol–water partition coefficient (Wildman–Crippen LogP) is 3.85. The van der Waals surface area contributed by atoms with Gasteiger partial charge >= 0.3 is 0 Å². The lowest BCUT2D eigenvalue weighted by Gasteiger charge is -2.13. The van der Waals surface area contributed by atoms with Crippen LogP contribution in [0.15, 0.2) is 48.5 Å². The number of methoxy groups -OCH3 is 1. The lowest BCUT2D eigenvalue weighted by Crippen LogP contribution is -2.12. The summed E-state index contributed by atoms with van der Waals surface area (Å²) >= 11 is 1.08. The van der Waals surface area contributed by atoms with Crippen molar-refractivity contribution < 1.29 is 9.53 Å². The molecule has 0 atom stereocenters. The van der Waals surface area contributed by atoms with Gasteiger partial charge < -0.3 is 15.4 Å². The quantitative estimate of drug-likeness (QED) is 0.738. The maximum atomic E-state index is 12.4. The third-order valence-electron chi connectivity index (χ3n) is 3.40. The van der Waals surface area contributed by atoms with E-state index in [2.05, 4.69) is 20.2 Å². The van der Waals surface area contributed by atoms with Gasteiger partial charge in [-0.2, -0.15) is 0 Å². The van der Waals surface area contributed by atoms with Crippen LogP contribution < -0.4 is 15.4 Å². The van der Waals surface area contributed by atoms with Crippen molar-refractivity contribution in [1.29, 1.82) is 0 Å². The molecule has 0 saturated carbocycles. The number of hydrogen-bond donors (Lipinski definition) is 2. The van der Waals surface area contributed by atoms with Crippen molar-refractivity contribution in [3.8, 4) is 5.75 Å². The Morgan fingerprint density at radius 3 is 2.42 bits per heavy atom. The molecule has 0 aliphatic carbocycles. The van der Waals surface area contributed by atoms with E-state index in [1.807, 2.05) is 48.5 Å². The van der Waals surface area contributed by atoms with Crippen LogP contribution in [0.1, 0.15) is 15.4 Å². The zero-order valence-electron chi connectivity index (χ0n) is 13.2. The molecule has 2 aromatic carbocycles. The third kappa shape index (κ3) is 3.52. The largest absolute Gasteiger partial charge is 0.497 e. The highest BCUT2D eigenvalue weighted by Gasteiger charge is 2.14. The predicted molar refractivity (Wildman–Crippen MR) is 95.3 cm³/mol. The molecule has 0 radical (unpaired) electrons. The summed E-state index contributed by atoms with van der Waals surface area (Å²) in [4.78, 5) is 12.9. The second-order valence-electron chi connectivity index (χ2n) is 5.04. The fraction of sp³-hybridized carbons (Fsp3) is 0.118.